The van der Waals surface area contributed by atoms with E-state index < -0.39 is 0 Å². The maximum atomic E-state index is 9.59. The largest absolute Gasteiger partial charge is 0.411 e. The SMILES string of the molecule is ON=C(c1n[nH]c2c1C=CC(c1ccncc1)(c1ccncc1)C2)C1CCC1. The van der Waals surface area contributed by atoms with Crippen molar-refractivity contribution in [1.29, 1.82) is 0 Å². The molecule has 0 atom stereocenters. The van der Waals surface area contributed by atoms with Gasteiger partial charge in [0.15, 0.2) is 0 Å². The first-order chi connectivity index (χ1) is 13.8. The number of hydrogen-bond acceptors (Lipinski definition) is 5. The van der Waals surface area contributed by atoms with Crippen LogP contribution in [0, 0.1) is 5.92 Å². The Morgan fingerprint density at radius 2 is 1.68 bits per heavy atom. The van der Waals surface area contributed by atoms with Crippen LogP contribution in [-0.2, 0) is 11.8 Å². The van der Waals surface area contributed by atoms with E-state index in [0.29, 0.717) is 11.6 Å². The van der Waals surface area contributed by atoms with Crippen LogP contribution >= 0.6 is 0 Å². The molecule has 0 spiro atoms. The zero-order chi connectivity index (χ0) is 19.0. The number of hydrogen-bond donors (Lipinski definition) is 2. The molecule has 0 saturated heterocycles. The third kappa shape index (κ3) is 2.56. The summed E-state index contributed by atoms with van der Waals surface area (Å²) in [4.78, 5) is 8.37. The molecule has 0 aliphatic heterocycles. The lowest BCUT2D eigenvalue weighted by Crippen LogP contribution is -2.31. The minimum absolute atomic E-state index is 0.304. The van der Waals surface area contributed by atoms with Crippen LogP contribution in [0.25, 0.3) is 6.08 Å². The van der Waals surface area contributed by atoms with Gasteiger partial charge in [-0.2, -0.15) is 5.10 Å². The van der Waals surface area contributed by atoms with E-state index in [9.17, 15) is 5.21 Å². The highest BCUT2D eigenvalue weighted by atomic mass is 16.4. The molecule has 0 amide bonds. The quantitative estimate of drug-likeness (QED) is 0.416. The van der Waals surface area contributed by atoms with Gasteiger partial charge in [0, 0.05) is 53.8 Å². The Balaban J connectivity index is 1.61. The molecule has 3 aromatic heterocycles. The fraction of sp³-hybridized carbons (Fsp3) is 0.273. The van der Waals surface area contributed by atoms with E-state index in [2.05, 4.69) is 61.7 Å². The fourth-order valence-corrected chi connectivity index (χ4v) is 4.33. The molecule has 3 aromatic rings. The molecule has 0 radical (unpaired) electrons. The van der Waals surface area contributed by atoms with Gasteiger partial charge in [0.05, 0.1) is 0 Å². The Hall–Kier alpha value is -3.28. The number of oxime groups is 1. The van der Waals surface area contributed by atoms with E-state index in [1.807, 2.05) is 24.8 Å². The zero-order valence-electron chi connectivity index (χ0n) is 15.4. The summed E-state index contributed by atoms with van der Waals surface area (Å²) >= 11 is 0. The van der Waals surface area contributed by atoms with E-state index in [0.717, 1.165) is 36.2 Å². The zero-order valence-corrected chi connectivity index (χ0v) is 15.4. The van der Waals surface area contributed by atoms with E-state index >= 15 is 0 Å². The van der Waals surface area contributed by atoms with Crippen LogP contribution < -0.4 is 0 Å². The van der Waals surface area contributed by atoms with Crippen molar-refractivity contribution < 1.29 is 5.21 Å². The first-order valence-corrected chi connectivity index (χ1v) is 9.61. The van der Waals surface area contributed by atoms with Gasteiger partial charge in [-0.05, 0) is 48.2 Å². The van der Waals surface area contributed by atoms with Crippen molar-refractivity contribution in [3.05, 3.63) is 83.2 Å². The Kier molecular flexibility index (Phi) is 4.04. The number of nitrogens with zero attached hydrogens (tertiary/aromatic N) is 4. The number of allylic oxidation sites excluding steroid dienone is 1. The van der Waals surface area contributed by atoms with E-state index in [1.165, 1.54) is 17.5 Å². The summed E-state index contributed by atoms with van der Waals surface area (Å²) in [6.07, 6.45) is 15.7. The Morgan fingerprint density at radius 3 is 2.21 bits per heavy atom. The highest BCUT2D eigenvalue weighted by Crippen LogP contribution is 2.42. The maximum absolute atomic E-state index is 9.59. The lowest BCUT2D eigenvalue weighted by Gasteiger charge is -2.34. The second kappa shape index (κ2) is 6.71. The molecule has 3 heterocycles. The lowest BCUT2D eigenvalue weighted by molar-refractivity contribution is 0.305. The summed E-state index contributed by atoms with van der Waals surface area (Å²) in [5.41, 5.74) is 5.56. The topological polar surface area (TPSA) is 87.0 Å². The third-order valence-corrected chi connectivity index (χ3v) is 6.11. The van der Waals surface area contributed by atoms with E-state index in [-0.39, 0.29) is 5.41 Å². The number of aromatic amines is 1. The van der Waals surface area contributed by atoms with Crippen LogP contribution in [0.5, 0.6) is 0 Å². The highest BCUT2D eigenvalue weighted by Gasteiger charge is 2.38. The lowest BCUT2D eigenvalue weighted by atomic mass is 9.68. The van der Waals surface area contributed by atoms with Gasteiger partial charge in [-0.1, -0.05) is 23.7 Å². The molecule has 140 valence electrons. The van der Waals surface area contributed by atoms with Gasteiger partial charge in [0.2, 0.25) is 0 Å². The molecule has 6 nitrogen and oxygen atoms in total. The Bertz CT molecular complexity index is 996. The summed E-state index contributed by atoms with van der Waals surface area (Å²) in [6, 6.07) is 8.23. The number of H-pyrrole nitrogens is 1. The molecule has 5 rings (SSSR count). The van der Waals surface area contributed by atoms with Crippen molar-refractivity contribution in [2.24, 2.45) is 11.1 Å². The van der Waals surface area contributed by atoms with Crippen LogP contribution in [0.15, 0.2) is 60.3 Å². The van der Waals surface area contributed by atoms with Gasteiger partial charge in [-0.25, -0.2) is 0 Å². The third-order valence-electron chi connectivity index (χ3n) is 6.11. The van der Waals surface area contributed by atoms with Crippen molar-refractivity contribution in [3.8, 4) is 0 Å². The van der Waals surface area contributed by atoms with Crippen molar-refractivity contribution in [2.75, 3.05) is 0 Å². The van der Waals surface area contributed by atoms with E-state index in [1.54, 1.807) is 0 Å². The van der Waals surface area contributed by atoms with E-state index in [4.69, 9.17) is 0 Å². The molecule has 1 saturated carbocycles. The van der Waals surface area contributed by atoms with Gasteiger partial charge in [-0.3, -0.25) is 15.1 Å². The summed E-state index contributed by atoms with van der Waals surface area (Å²) in [6.45, 7) is 0. The molecule has 0 bridgehead atoms. The van der Waals surface area contributed by atoms with Gasteiger partial charge < -0.3 is 5.21 Å². The van der Waals surface area contributed by atoms with Crippen LogP contribution in [-0.4, -0.2) is 31.1 Å². The smallest absolute Gasteiger partial charge is 0.117 e. The van der Waals surface area contributed by atoms with Crippen LogP contribution in [0.2, 0.25) is 0 Å². The van der Waals surface area contributed by atoms with Crippen LogP contribution in [0.4, 0.5) is 0 Å². The molecule has 0 aromatic carbocycles. The van der Waals surface area contributed by atoms with Crippen molar-refractivity contribution >= 4 is 11.8 Å². The van der Waals surface area contributed by atoms with Gasteiger partial charge in [0.1, 0.15) is 11.4 Å². The molecule has 2 aliphatic rings. The number of fused-ring (bicyclic) bond motifs is 1. The standard InChI is InChI=1S/C22H21N5O/c28-27-20(15-2-1-3-15)21-18-4-9-22(14-19(18)25-26-21,16-5-10-23-11-6-16)17-7-12-24-13-8-17/h4-13,15,28H,1-3,14H2,(H,25,26). The van der Waals surface area contributed by atoms with Gasteiger partial charge >= 0.3 is 0 Å². The monoisotopic (exact) mass is 371 g/mol. The first kappa shape index (κ1) is 16.9. The molecule has 2 N–H and O–H groups in total. The summed E-state index contributed by atoms with van der Waals surface area (Å²) in [5.74, 6) is 0.304. The Labute approximate surface area is 163 Å². The maximum Gasteiger partial charge on any atom is 0.117 e. The summed E-state index contributed by atoms with van der Waals surface area (Å²) < 4.78 is 0. The molecule has 28 heavy (non-hydrogen) atoms. The van der Waals surface area contributed by atoms with Gasteiger partial charge in [0.25, 0.3) is 0 Å². The fourth-order valence-electron chi connectivity index (χ4n) is 4.33. The Morgan fingerprint density at radius 1 is 1.04 bits per heavy atom. The predicted molar refractivity (Wildman–Crippen MR) is 106 cm³/mol. The number of nitrogens with one attached hydrogen (secondary N) is 1. The van der Waals surface area contributed by atoms with Crippen molar-refractivity contribution in [3.63, 3.8) is 0 Å². The summed E-state index contributed by atoms with van der Waals surface area (Å²) in [5, 5.41) is 20.9. The van der Waals surface area contributed by atoms with Crippen LogP contribution in [0.3, 0.4) is 0 Å². The predicted octanol–water partition coefficient (Wildman–Crippen LogP) is 3.73. The molecular weight excluding hydrogens is 350 g/mol. The number of rotatable bonds is 4. The van der Waals surface area contributed by atoms with Crippen LogP contribution in [0.1, 0.15) is 47.3 Å². The normalized spacial score (nSPS) is 18.5. The average Bonchev–Trinajstić information content (AvgIpc) is 3.14. The summed E-state index contributed by atoms with van der Waals surface area (Å²) in [7, 11) is 0. The first-order valence-electron chi connectivity index (χ1n) is 9.61. The molecular formula is C22H21N5O. The minimum atomic E-state index is -0.324. The van der Waals surface area contributed by atoms with Crippen molar-refractivity contribution in [1.82, 2.24) is 20.2 Å². The number of pyridine rings is 2. The molecule has 2 aliphatic carbocycles. The number of aromatic nitrogens is 4. The molecule has 6 heteroatoms. The van der Waals surface area contributed by atoms with Crippen molar-refractivity contribution in [2.45, 2.75) is 31.1 Å². The van der Waals surface area contributed by atoms with Gasteiger partial charge in [-0.15, -0.1) is 0 Å². The second-order valence-electron chi connectivity index (χ2n) is 7.53. The minimum Gasteiger partial charge on any atom is -0.411 e. The highest BCUT2D eigenvalue weighted by molar-refractivity contribution is 6.03. The second-order valence-corrected chi connectivity index (χ2v) is 7.53. The molecule has 0 unspecified atom stereocenters. The average molecular weight is 371 g/mol. The molecule has 1 fully saturated rings.